The molecule has 4 N–H and O–H groups in total. The Morgan fingerprint density at radius 3 is 2.47 bits per heavy atom. The van der Waals surface area contributed by atoms with Crippen molar-refractivity contribution in [2.45, 2.75) is 76.9 Å². The van der Waals surface area contributed by atoms with Gasteiger partial charge in [0.1, 0.15) is 28.8 Å². The molecule has 8 nitrogen and oxygen atoms in total. The van der Waals surface area contributed by atoms with E-state index < -0.39 is 58.3 Å². The Bertz CT molecular complexity index is 1220. The number of carbonyl (C=O) groups is 3. The number of amides is 1. The molecule has 3 fully saturated rings. The summed E-state index contributed by atoms with van der Waals surface area (Å²) < 4.78 is 6.66. The van der Waals surface area contributed by atoms with Crippen molar-refractivity contribution >= 4 is 17.5 Å². The standard InChI is InChI=1S/C30H37NO7/c1-16-6-5-7-21-26(36)28(4)18(3)25-29(38-28,15-19-8-10-20(32)11-9-19)31-27(37)30(21,25)23(34)13-12-22(33)24(35)17(2)14-16/h5,7-11,14,16,18,21-22,25-26,32-33,36H,6,12-13,15H2,1-4H3,(H,31,37)/t16-,18-,21-,22-,25-,26-,28-,29+,30+/m0/s1. The van der Waals surface area contributed by atoms with Crippen LogP contribution in [-0.2, 0) is 25.5 Å². The third-order valence-electron chi connectivity index (χ3n) is 9.54. The molecule has 1 saturated carbocycles. The lowest BCUT2D eigenvalue weighted by Gasteiger charge is -2.50. The second-order valence-corrected chi connectivity index (χ2v) is 11.9. The molecule has 1 amide bonds. The zero-order valence-electron chi connectivity index (χ0n) is 22.3. The van der Waals surface area contributed by atoms with Crippen LogP contribution in [0.1, 0.15) is 52.5 Å². The smallest absolute Gasteiger partial charge is 0.237 e. The van der Waals surface area contributed by atoms with E-state index in [1.54, 1.807) is 37.3 Å². The quantitative estimate of drug-likeness (QED) is 0.346. The largest absolute Gasteiger partial charge is 0.508 e. The molecule has 2 aliphatic carbocycles. The summed E-state index contributed by atoms with van der Waals surface area (Å²) in [6, 6.07) is 6.62. The van der Waals surface area contributed by atoms with Gasteiger partial charge in [-0.2, -0.15) is 0 Å². The van der Waals surface area contributed by atoms with E-state index in [9.17, 15) is 29.7 Å². The van der Waals surface area contributed by atoms with Crippen LogP contribution in [0.2, 0.25) is 0 Å². The minimum Gasteiger partial charge on any atom is -0.508 e. The van der Waals surface area contributed by atoms with Crippen molar-refractivity contribution in [2.24, 2.45) is 29.1 Å². The van der Waals surface area contributed by atoms with Gasteiger partial charge in [-0.15, -0.1) is 0 Å². The maximum Gasteiger partial charge on any atom is 0.237 e. The second-order valence-electron chi connectivity index (χ2n) is 11.9. The summed E-state index contributed by atoms with van der Waals surface area (Å²) in [5.74, 6) is -3.02. The molecule has 2 aliphatic heterocycles. The van der Waals surface area contributed by atoms with E-state index in [0.29, 0.717) is 12.0 Å². The van der Waals surface area contributed by atoms with Crippen molar-refractivity contribution in [3.63, 3.8) is 0 Å². The van der Waals surface area contributed by atoms with Crippen molar-refractivity contribution in [1.82, 2.24) is 5.32 Å². The molecule has 2 heterocycles. The number of hydrogen-bond donors (Lipinski definition) is 4. The van der Waals surface area contributed by atoms with E-state index in [1.807, 2.05) is 32.9 Å². The van der Waals surface area contributed by atoms with Gasteiger partial charge in [0, 0.05) is 24.7 Å². The van der Waals surface area contributed by atoms with Crippen molar-refractivity contribution in [3.8, 4) is 5.75 Å². The van der Waals surface area contributed by atoms with Crippen molar-refractivity contribution in [2.75, 3.05) is 0 Å². The monoisotopic (exact) mass is 523 g/mol. The number of aliphatic hydroxyl groups excluding tert-OH is 2. The van der Waals surface area contributed by atoms with Crippen LogP contribution >= 0.6 is 0 Å². The number of phenols is 1. The number of aliphatic hydroxyl groups is 2. The first-order valence-corrected chi connectivity index (χ1v) is 13.5. The van der Waals surface area contributed by atoms with Crippen LogP contribution in [0.15, 0.2) is 48.1 Å². The molecule has 1 aromatic rings. The average Bonchev–Trinajstić information content (AvgIpc) is 3.21. The molecular formula is C30H37NO7. The highest BCUT2D eigenvalue weighted by molar-refractivity contribution is 6.10. The molecule has 38 heavy (non-hydrogen) atoms. The number of ketones is 2. The molecule has 1 spiro atoms. The lowest BCUT2D eigenvalue weighted by atomic mass is 9.50. The molecule has 0 unspecified atom stereocenters. The minimum atomic E-state index is -1.62. The van der Waals surface area contributed by atoms with Crippen LogP contribution in [0.25, 0.3) is 0 Å². The third kappa shape index (κ3) is 3.72. The molecule has 2 saturated heterocycles. The number of hydrogen-bond acceptors (Lipinski definition) is 7. The fourth-order valence-corrected chi connectivity index (χ4v) is 7.62. The highest BCUT2D eigenvalue weighted by Gasteiger charge is 2.81. The zero-order chi connectivity index (χ0) is 27.6. The van der Waals surface area contributed by atoms with E-state index >= 15 is 0 Å². The first-order valence-electron chi connectivity index (χ1n) is 13.5. The Hall–Kier alpha value is -2.81. The minimum absolute atomic E-state index is 0.0241. The van der Waals surface area contributed by atoms with Gasteiger partial charge in [-0.05, 0) is 61.8 Å². The van der Waals surface area contributed by atoms with Crippen LogP contribution in [0.4, 0.5) is 0 Å². The SMILES string of the molecule is CC1=C[C@@H](C)CC=C[C@H]2[C@H](O)[C@@]3(C)O[C@@]4(Cc5ccc(O)cc5)NC(=O)[C@]2(C(=O)CC[C@H](O)C1=O)[C@H]4[C@@H]3C. The van der Waals surface area contributed by atoms with Gasteiger partial charge in [-0.1, -0.05) is 44.2 Å². The Labute approximate surface area is 222 Å². The molecule has 2 bridgehead atoms. The summed E-state index contributed by atoms with van der Waals surface area (Å²) in [6.45, 7) is 7.37. The van der Waals surface area contributed by atoms with Gasteiger partial charge in [0.15, 0.2) is 5.78 Å². The lowest BCUT2D eigenvalue weighted by molar-refractivity contribution is -0.191. The van der Waals surface area contributed by atoms with E-state index in [1.165, 1.54) is 0 Å². The van der Waals surface area contributed by atoms with E-state index in [0.717, 1.165) is 5.56 Å². The van der Waals surface area contributed by atoms with Gasteiger partial charge in [-0.25, -0.2) is 0 Å². The lowest BCUT2D eigenvalue weighted by Crippen LogP contribution is -2.64. The highest BCUT2D eigenvalue weighted by Crippen LogP contribution is 2.67. The van der Waals surface area contributed by atoms with Crippen LogP contribution in [-0.4, -0.2) is 56.3 Å². The number of Topliss-reactive ketones (excluding diaryl/α,β-unsaturated/α-hetero) is 2. The van der Waals surface area contributed by atoms with E-state index in [-0.39, 0.29) is 36.8 Å². The van der Waals surface area contributed by atoms with E-state index in [2.05, 4.69) is 5.32 Å². The first-order chi connectivity index (χ1) is 17.9. The fraction of sp³-hybridized carbons (Fsp3) is 0.567. The van der Waals surface area contributed by atoms with Crippen LogP contribution in [0.3, 0.4) is 0 Å². The Morgan fingerprint density at radius 2 is 1.79 bits per heavy atom. The summed E-state index contributed by atoms with van der Waals surface area (Å²) in [7, 11) is 0. The van der Waals surface area contributed by atoms with Crippen LogP contribution in [0, 0.1) is 29.1 Å². The molecule has 5 rings (SSSR count). The molecular weight excluding hydrogens is 486 g/mol. The van der Waals surface area contributed by atoms with Gasteiger partial charge >= 0.3 is 0 Å². The summed E-state index contributed by atoms with van der Waals surface area (Å²) in [6.07, 6.45) is 3.49. The highest BCUT2D eigenvalue weighted by atomic mass is 16.6. The predicted molar refractivity (Wildman–Crippen MR) is 139 cm³/mol. The zero-order valence-corrected chi connectivity index (χ0v) is 22.3. The average molecular weight is 524 g/mol. The van der Waals surface area contributed by atoms with E-state index in [4.69, 9.17) is 4.74 Å². The number of fused-ring (bicyclic) bond motifs is 1. The molecule has 1 aromatic carbocycles. The maximum absolute atomic E-state index is 14.2. The normalized spacial score (nSPS) is 43.0. The topological polar surface area (TPSA) is 133 Å². The van der Waals surface area contributed by atoms with Gasteiger partial charge in [-0.3, -0.25) is 14.4 Å². The molecule has 9 atom stereocenters. The predicted octanol–water partition coefficient (Wildman–Crippen LogP) is 2.60. The Balaban J connectivity index is 1.64. The first kappa shape index (κ1) is 26.8. The number of aromatic hydroxyl groups is 1. The molecule has 4 aliphatic rings. The second kappa shape index (κ2) is 9.14. The van der Waals surface area contributed by atoms with Gasteiger partial charge in [0.25, 0.3) is 0 Å². The number of allylic oxidation sites excluding steroid dienone is 2. The van der Waals surface area contributed by atoms with Crippen LogP contribution in [0.5, 0.6) is 5.75 Å². The number of ether oxygens (including phenoxy) is 1. The number of rotatable bonds is 2. The van der Waals surface area contributed by atoms with Crippen molar-refractivity contribution in [3.05, 3.63) is 53.6 Å². The number of carbonyl (C=O) groups excluding carboxylic acids is 3. The van der Waals surface area contributed by atoms with Gasteiger partial charge in [0.2, 0.25) is 5.91 Å². The Kier molecular flexibility index (Phi) is 6.44. The van der Waals surface area contributed by atoms with Gasteiger partial charge < -0.3 is 25.4 Å². The third-order valence-corrected chi connectivity index (χ3v) is 9.54. The molecule has 204 valence electrons. The van der Waals surface area contributed by atoms with Gasteiger partial charge in [0.05, 0.1) is 11.7 Å². The number of phenolic OH excluding ortho intramolecular Hbond substituents is 1. The van der Waals surface area contributed by atoms with Crippen LogP contribution < -0.4 is 5.32 Å². The van der Waals surface area contributed by atoms with Crippen molar-refractivity contribution in [1.29, 1.82) is 0 Å². The summed E-state index contributed by atoms with van der Waals surface area (Å²) >= 11 is 0. The fourth-order valence-electron chi connectivity index (χ4n) is 7.62. The van der Waals surface area contributed by atoms with Crippen molar-refractivity contribution < 1.29 is 34.4 Å². The summed E-state index contributed by atoms with van der Waals surface area (Å²) in [4.78, 5) is 41.0. The Morgan fingerprint density at radius 1 is 1.11 bits per heavy atom. The molecule has 8 heteroatoms. The number of benzene rings is 1. The molecule has 0 radical (unpaired) electrons. The summed E-state index contributed by atoms with van der Waals surface area (Å²) in [5, 5.41) is 35.2. The number of nitrogens with one attached hydrogen (secondary N) is 1. The molecule has 0 aromatic heterocycles. The maximum atomic E-state index is 14.2. The summed E-state index contributed by atoms with van der Waals surface area (Å²) in [5.41, 5.74) is -2.64.